The van der Waals surface area contributed by atoms with Gasteiger partial charge in [-0.1, -0.05) is 31.9 Å². The van der Waals surface area contributed by atoms with Crippen molar-refractivity contribution in [3.63, 3.8) is 0 Å². The van der Waals surface area contributed by atoms with E-state index in [1.807, 2.05) is 0 Å². The van der Waals surface area contributed by atoms with Gasteiger partial charge in [0, 0.05) is 11.1 Å². The average molecular weight is 378 g/mol. The van der Waals surface area contributed by atoms with Crippen LogP contribution >= 0.6 is 0 Å². The number of phenols is 2. The van der Waals surface area contributed by atoms with Crippen molar-refractivity contribution >= 4 is 11.6 Å². The van der Waals surface area contributed by atoms with Gasteiger partial charge in [0.25, 0.3) is 0 Å². The zero-order chi connectivity index (χ0) is 20.0. The van der Waals surface area contributed by atoms with Crippen molar-refractivity contribution in [1.82, 2.24) is 0 Å². The molecule has 1 saturated carbocycles. The molecule has 4 heteroatoms. The second-order valence-corrected chi connectivity index (χ2v) is 8.24. The van der Waals surface area contributed by atoms with Crippen molar-refractivity contribution in [2.45, 2.75) is 58.3 Å². The molecule has 0 heterocycles. The summed E-state index contributed by atoms with van der Waals surface area (Å²) in [5, 5.41) is 21.3. The van der Waals surface area contributed by atoms with Gasteiger partial charge in [0.2, 0.25) is 0 Å². The summed E-state index contributed by atoms with van der Waals surface area (Å²) in [5.41, 5.74) is 1.81. The van der Waals surface area contributed by atoms with Gasteiger partial charge in [-0.3, -0.25) is 9.59 Å². The van der Waals surface area contributed by atoms with Gasteiger partial charge in [-0.15, -0.1) is 0 Å². The van der Waals surface area contributed by atoms with Crippen molar-refractivity contribution in [2.75, 3.05) is 0 Å². The number of aromatic hydroxyl groups is 2. The van der Waals surface area contributed by atoms with Crippen molar-refractivity contribution in [3.8, 4) is 11.5 Å². The van der Waals surface area contributed by atoms with E-state index in [1.54, 1.807) is 31.2 Å². The first-order valence-corrected chi connectivity index (χ1v) is 10.2. The molecule has 2 aliphatic rings. The largest absolute Gasteiger partial charge is 0.507 e. The summed E-state index contributed by atoms with van der Waals surface area (Å²) >= 11 is 0. The van der Waals surface area contributed by atoms with Crippen LogP contribution in [0.5, 0.6) is 11.5 Å². The first kappa shape index (κ1) is 18.7. The summed E-state index contributed by atoms with van der Waals surface area (Å²) in [6.45, 7) is 3.90. The number of ketones is 2. The van der Waals surface area contributed by atoms with E-state index in [9.17, 15) is 19.8 Å². The Hall–Kier alpha value is -2.62. The summed E-state index contributed by atoms with van der Waals surface area (Å²) in [6.07, 6.45) is 6.71. The minimum atomic E-state index is -0.403. The van der Waals surface area contributed by atoms with E-state index in [0.717, 1.165) is 37.2 Å². The molecule has 2 aromatic carbocycles. The molecule has 0 atom stereocenters. The monoisotopic (exact) mass is 378 g/mol. The number of hydrogen-bond acceptors (Lipinski definition) is 4. The van der Waals surface area contributed by atoms with Crippen LogP contribution in [0.4, 0.5) is 0 Å². The number of aryl methyl sites for hydroxylation is 1. The van der Waals surface area contributed by atoms with E-state index in [4.69, 9.17) is 0 Å². The van der Waals surface area contributed by atoms with Gasteiger partial charge in [-0.05, 0) is 67.7 Å². The summed E-state index contributed by atoms with van der Waals surface area (Å²) < 4.78 is 0. The fraction of sp³-hybridized carbons (Fsp3) is 0.417. The van der Waals surface area contributed by atoms with E-state index in [0.29, 0.717) is 5.56 Å². The smallest absolute Gasteiger partial charge is 0.198 e. The van der Waals surface area contributed by atoms with E-state index >= 15 is 0 Å². The summed E-state index contributed by atoms with van der Waals surface area (Å²) in [5.74, 6) is -0.0329. The normalized spacial score (nSPS) is 21.4. The second-order valence-electron chi connectivity index (χ2n) is 8.24. The minimum Gasteiger partial charge on any atom is -0.507 e. The van der Waals surface area contributed by atoms with Crippen molar-refractivity contribution in [1.29, 1.82) is 0 Å². The lowest BCUT2D eigenvalue weighted by molar-refractivity contribution is 0.0974. The van der Waals surface area contributed by atoms with Crippen molar-refractivity contribution in [2.24, 2.45) is 5.92 Å². The number of carbonyl (C=O) groups is 2. The number of phenolic OH excluding ortho intramolecular Hbond substituents is 2. The summed E-state index contributed by atoms with van der Waals surface area (Å²) in [6, 6.07) is 6.63. The Balaban J connectivity index is 1.73. The average Bonchev–Trinajstić information content (AvgIpc) is 2.69. The lowest BCUT2D eigenvalue weighted by Gasteiger charge is -2.30. The Morgan fingerprint density at radius 1 is 0.857 bits per heavy atom. The Morgan fingerprint density at radius 2 is 1.43 bits per heavy atom. The van der Waals surface area contributed by atoms with Crippen LogP contribution in [0.2, 0.25) is 0 Å². The maximum atomic E-state index is 13.1. The lowest BCUT2D eigenvalue weighted by atomic mass is 9.75. The molecule has 0 spiro atoms. The summed E-state index contributed by atoms with van der Waals surface area (Å²) in [4.78, 5) is 26.0. The van der Waals surface area contributed by atoms with Crippen LogP contribution in [0.3, 0.4) is 0 Å². The molecule has 4 nitrogen and oxygen atoms in total. The van der Waals surface area contributed by atoms with Gasteiger partial charge in [-0.25, -0.2) is 0 Å². The van der Waals surface area contributed by atoms with Crippen LogP contribution in [0.25, 0.3) is 0 Å². The highest BCUT2D eigenvalue weighted by atomic mass is 16.3. The molecule has 0 amide bonds. The molecule has 2 N–H and O–H groups in total. The topological polar surface area (TPSA) is 74.6 Å². The predicted octanol–water partition coefficient (Wildman–Crippen LogP) is 5.26. The molecule has 2 aromatic rings. The third-order valence-electron chi connectivity index (χ3n) is 6.52. The highest BCUT2D eigenvalue weighted by molar-refractivity contribution is 6.30. The molecule has 4 rings (SSSR count). The molecule has 0 saturated heterocycles. The Kier molecular flexibility index (Phi) is 4.74. The van der Waals surface area contributed by atoms with Crippen LogP contribution in [0.1, 0.15) is 94.3 Å². The lowest BCUT2D eigenvalue weighted by Crippen LogP contribution is -2.22. The van der Waals surface area contributed by atoms with Crippen LogP contribution in [-0.2, 0) is 0 Å². The van der Waals surface area contributed by atoms with Crippen LogP contribution in [0.15, 0.2) is 24.3 Å². The molecule has 0 aliphatic heterocycles. The summed E-state index contributed by atoms with van der Waals surface area (Å²) in [7, 11) is 0. The Bertz CT molecular complexity index is 965. The van der Waals surface area contributed by atoms with Crippen molar-refractivity contribution < 1.29 is 19.8 Å². The van der Waals surface area contributed by atoms with Gasteiger partial charge in [0.05, 0.1) is 11.1 Å². The number of benzene rings is 2. The quantitative estimate of drug-likeness (QED) is 0.652. The fourth-order valence-corrected chi connectivity index (χ4v) is 4.91. The van der Waals surface area contributed by atoms with E-state index in [2.05, 4.69) is 6.92 Å². The zero-order valence-corrected chi connectivity index (χ0v) is 16.4. The van der Waals surface area contributed by atoms with Gasteiger partial charge in [-0.2, -0.15) is 0 Å². The van der Waals surface area contributed by atoms with E-state index < -0.39 is 5.78 Å². The third kappa shape index (κ3) is 2.83. The maximum absolute atomic E-state index is 13.1. The number of hydrogen-bond donors (Lipinski definition) is 2. The Labute approximate surface area is 165 Å². The second kappa shape index (κ2) is 7.08. The predicted molar refractivity (Wildman–Crippen MR) is 107 cm³/mol. The number of rotatable bonds is 3. The van der Waals surface area contributed by atoms with Gasteiger partial charge in [0.1, 0.15) is 11.5 Å². The molecule has 0 unspecified atom stereocenters. The molecule has 0 bridgehead atoms. The highest BCUT2D eigenvalue weighted by Gasteiger charge is 2.36. The van der Waals surface area contributed by atoms with Gasteiger partial charge < -0.3 is 10.2 Å². The fourth-order valence-electron chi connectivity index (χ4n) is 4.91. The minimum absolute atomic E-state index is 0.0460. The molecule has 146 valence electrons. The first-order valence-electron chi connectivity index (χ1n) is 10.2. The van der Waals surface area contributed by atoms with Crippen LogP contribution < -0.4 is 0 Å². The van der Waals surface area contributed by atoms with Crippen molar-refractivity contribution in [3.05, 3.63) is 57.6 Å². The molecule has 0 radical (unpaired) electrons. The van der Waals surface area contributed by atoms with E-state index in [-0.39, 0.29) is 45.5 Å². The third-order valence-corrected chi connectivity index (χ3v) is 6.52. The van der Waals surface area contributed by atoms with Gasteiger partial charge in [0.15, 0.2) is 11.6 Å². The molecule has 1 fully saturated rings. The van der Waals surface area contributed by atoms with Gasteiger partial charge >= 0.3 is 0 Å². The number of carbonyl (C=O) groups excluding carboxylic acids is 2. The molecule has 0 aromatic heterocycles. The standard InChI is InChI=1S/C24H26O4/c1-3-4-14-6-8-15(9-7-14)16-11-12-18-20(22(16)26)24(28)17-10-5-13(2)21(25)19(17)23(18)27/h5,10-12,14-15,25-26H,3-4,6-9H2,1-2H3. The molecule has 28 heavy (non-hydrogen) atoms. The number of fused-ring (bicyclic) bond motifs is 2. The molecule has 2 aliphatic carbocycles. The van der Waals surface area contributed by atoms with E-state index in [1.165, 1.54) is 12.8 Å². The highest BCUT2D eigenvalue weighted by Crippen LogP contribution is 2.45. The maximum Gasteiger partial charge on any atom is 0.198 e. The van der Waals surface area contributed by atoms with Crippen LogP contribution in [0, 0.1) is 12.8 Å². The van der Waals surface area contributed by atoms with Crippen LogP contribution in [-0.4, -0.2) is 21.8 Å². The Morgan fingerprint density at radius 3 is 2.04 bits per heavy atom. The SMILES string of the molecule is CCCC1CCC(c2ccc3c(c2O)C(=O)c2ccc(C)c(O)c2C3=O)CC1. The zero-order valence-electron chi connectivity index (χ0n) is 16.4. The molecular weight excluding hydrogens is 352 g/mol. The first-order chi connectivity index (χ1) is 13.4. The molecular formula is C24H26O4.